The van der Waals surface area contributed by atoms with E-state index in [2.05, 4.69) is 6.92 Å². The molecular formula is C12H22N2O3. The first-order valence-corrected chi connectivity index (χ1v) is 6.42. The first-order chi connectivity index (χ1) is 8.22. The quantitative estimate of drug-likeness (QED) is 0.739. The van der Waals surface area contributed by atoms with Crippen LogP contribution in [0.25, 0.3) is 0 Å². The van der Waals surface area contributed by atoms with E-state index in [-0.39, 0.29) is 11.9 Å². The van der Waals surface area contributed by atoms with Gasteiger partial charge in [0.1, 0.15) is 0 Å². The molecule has 3 unspecified atom stereocenters. The van der Waals surface area contributed by atoms with Gasteiger partial charge in [0, 0.05) is 19.1 Å². The van der Waals surface area contributed by atoms with Gasteiger partial charge < -0.3 is 20.1 Å². The number of nitrogens with zero attached hydrogens (tertiary/aromatic N) is 1. The van der Waals surface area contributed by atoms with Gasteiger partial charge in [-0.3, -0.25) is 4.79 Å². The van der Waals surface area contributed by atoms with Crippen molar-refractivity contribution in [3.63, 3.8) is 0 Å². The van der Waals surface area contributed by atoms with Gasteiger partial charge in [0.05, 0.1) is 19.8 Å². The maximum Gasteiger partial charge on any atom is 0.254 e. The Morgan fingerprint density at radius 3 is 2.94 bits per heavy atom. The largest absolute Gasteiger partial charge is 0.376 e. The average Bonchev–Trinajstić information content (AvgIpc) is 2.39. The van der Waals surface area contributed by atoms with Crippen LogP contribution in [0.1, 0.15) is 19.8 Å². The monoisotopic (exact) mass is 242 g/mol. The summed E-state index contributed by atoms with van der Waals surface area (Å²) >= 11 is 0. The molecule has 2 aliphatic rings. The first kappa shape index (κ1) is 12.8. The molecule has 5 nitrogen and oxygen atoms in total. The van der Waals surface area contributed by atoms with E-state index in [0.29, 0.717) is 32.3 Å². The number of hydrogen-bond acceptors (Lipinski definition) is 4. The number of carbonyl (C=O) groups excluding carboxylic acids is 1. The SMILES string of the molecule is CC1CCN(C(=O)C2COCCO2)C(CN)C1. The number of carbonyl (C=O) groups is 1. The smallest absolute Gasteiger partial charge is 0.254 e. The van der Waals surface area contributed by atoms with Gasteiger partial charge in [0.15, 0.2) is 6.10 Å². The minimum atomic E-state index is -0.425. The topological polar surface area (TPSA) is 64.8 Å². The molecule has 0 bridgehead atoms. The lowest BCUT2D eigenvalue weighted by Crippen LogP contribution is -2.54. The summed E-state index contributed by atoms with van der Waals surface area (Å²) < 4.78 is 10.7. The number of rotatable bonds is 2. The minimum Gasteiger partial charge on any atom is -0.376 e. The van der Waals surface area contributed by atoms with Gasteiger partial charge >= 0.3 is 0 Å². The van der Waals surface area contributed by atoms with Crippen molar-refractivity contribution in [1.82, 2.24) is 4.90 Å². The number of nitrogens with two attached hydrogens (primary N) is 1. The van der Waals surface area contributed by atoms with Crippen LogP contribution in [0.5, 0.6) is 0 Å². The van der Waals surface area contributed by atoms with Crippen molar-refractivity contribution in [3.8, 4) is 0 Å². The maximum absolute atomic E-state index is 12.3. The summed E-state index contributed by atoms with van der Waals surface area (Å²) in [7, 11) is 0. The van der Waals surface area contributed by atoms with Crippen molar-refractivity contribution < 1.29 is 14.3 Å². The number of amides is 1. The van der Waals surface area contributed by atoms with E-state index in [1.165, 1.54) is 0 Å². The molecule has 2 saturated heterocycles. The van der Waals surface area contributed by atoms with Gasteiger partial charge in [0.25, 0.3) is 5.91 Å². The first-order valence-electron chi connectivity index (χ1n) is 6.42. The standard InChI is InChI=1S/C12H22N2O3/c1-9-2-3-14(10(6-9)7-13)12(15)11-8-16-4-5-17-11/h9-11H,2-8,13H2,1H3. The van der Waals surface area contributed by atoms with Crippen LogP contribution in [-0.4, -0.2) is 55.9 Å². The van der Waals surface area contributed by atoms with Crippen LogP contribution in [0.15, 0.2) is 0 Å². The molecule has 0 aromatic carbocycles. The molecular weight excluding hydrogens is 220 g/mol. The Morgan fingerprint density at radius 1 is 1.47 bits per heavy atom. The van der Waals surface area contributed by atoms with Gasteiger partial charge in [0.2, 0.25) is 0 Å². The molecule has 2 N–H and O–H groups in total. The van der Waals surface area contributed by atoms with Crippen LogP contribution in [0.4, 0.5) is 0 Å². The number of ether oxygens (including phenoxy) is 2. The normalized spacial score (nSPS) is 34.7. The van der Waals surface area contributed by atoms with Crippen molar-refractivity contribution in [3.05, 3.63) is 0 Å². The van der Waals surface area contributed by atoms with Crippen molar-refractivity contribution in [1.29, 1.82) is 0 Å². The highest BCUT2D eigenvalue weighted by Gasteiger charge is 2.34. The lowest BCUT2D eigenvalue weighted by molar-refractivity contribution is -0.161. The fraction of sp³-hybridized carbons (Fsp3) is 0.917. The second kappa shape index (κ2) is 5.80. The fourth-order valence-electron chi connectivity index (χ4n) is 2.58. The second-order valence-corrected chi connectivity index (χ2v) is 4.99. The third kappa shape index (κ3) is 2.97. The van der Waals surface area contributed by atoms with E-state index in [1.54, 1.807) is 0 Å². The van der Waals surface area contributed by atoms with E-state index in [9.17, 15) is 4.79 Å². The highest BCUT2D eigenvalue weighted by molar-refractivity contribution is 5.81. The lowest BCUT2D eigenvalue weighted by atomic mass is 9.92. The fourth-order valence-corrected chi connectivity index (χ4v) is 2.58. The Labute approximate surface area is 102 Å². The zero-order chi connectivity index (χ0) is 12.3. The molecule has 2 rings (SSSR count). The van der Waals surface area contributed by atoms with Gasteiger partial charge in [-0.15, -0.1) is 0 Å². The van der Waals surface area contributed by atoms with Crippen LogP contribution >= 0.6 is 0 Å². The van der Waals surface area contributed by atoms with Crippen LogP contribution in [-0.2, 0) is 14.3 Å². The molecule has 0 saturated carbocycles. The third-order valence-electron chi connectivity index (χ3n) is 3.62. The Kier molecular flexibility index (Phi) is 4.36. The van der Waals surface area contributed by atoms with Gasteiger partial charge in [-0.2, -0.15) is 0 Å². The van der Waals surface area contributed by atoms with Crippen LogP contribution in [0.3, 0.4) is 0 Å². The molecule has 98 valence electrons. The number of piperidine rings is 1. The van der Waals surface area contributed by atoms with E-state index < -0.39 is 6.10 Å². The average molecular weight is 242 g/mol. The van der Waals surface area contributed by atoms with Gasteiger partial charge in [-0.05, 0) is 18.8 Å². The summed E-state index contributed by atoms with van der Waals surface area (Å²) in [5, 5.41) is 0. The summed E-state index contributed by atoms with van der Waals surface area (Å²) in [6.07, 6.45) is 1.62. The molecule has 1 amide bonds. The number of hydrogen-bond donors (Lipinski definition) is 1. The molecule has 0 aromatic rings. The minimum absolute atomic E-state index is 0.0482. The number of likely N-dealkylation sites (tertiary alicyclic amines) is 1. The van der Waals surface area contributed by atoms with Crippen molar-refractivity contribution in [2.45, 2.75) is 31.9 Å². The van der Waals surface area contributed by atoms with Gasteiger partial charge in [-0.1, -0.05) is 6.92 Å². The van der Waals surface area contributed by atoms with Crippen molar-refractivity contribution >= 4 is 5.91 Å². The summed E-state index contributed by atoms with van der Waals surface area (Å²) in [6, 6.07) is 0.164. The van der Waals surface area contributed by atoms with E-state index in [0.717, 1.165) is 19.4 Å². The van der Waals surface area contributed by atoms with E-state index in [1.807, 2.05) is 4.90 Å². The lowest BCUT2D eigenvalue weighted by Gasteiger charge is -2.40. The summed E-state index contributed by atoms with van der Waals surface area (Å²) in [5.41, 5.74) is 5.76. The molecule has 2 fully saturated rings. The Bertz CT molecular complexity index is 266. The second-order valence-electron chi connectivity index (χ2n) is 4.99. The Morgan fingerprint density at radius 2 is 2.29 bits per heavy atom. The zero-order valence-corrected chi connectivity index (χ0v) is 10.4. The molecule has 0 spiro atoms. The highest BCUT2D eigenvalue weighted by Crippen LogP contribution is 2.23. The molecule has 17 heavy (non-hydrogen) atoms. The predicted octanol–water partition coefficient (Wildman–Crippen LogP) is -0.0124. The molecule has 5 heteroatoms. The highest BCUT2D eigenvalue weighted by atomic mass is 16.6. The predicted molar refractivity (Wildman–Crippen MR) is 63.5 cm³/mol. The molecule has 3 atom stereocenters. The zero-order valence-electron chi connectivity index (χ0n) is 10.4. The molecule has 2 heterocycles. The Hall–Kier alpha value is -0.650. The van der Waals surface area contributed by atoms with Crippen molar-refractivity contribution in [2.75, 3.05) is 32.9 Å². The Balaban J connectivity index is 1.96. The van der Waals surface area contributed by atoms with Crippen LogP contribution < -0.4 is 5.73 Å². The molecule has 0 radical (unpaired) electrons. The van der Waals surface area contributed by atoms with Crippen LogP contribution in [0.2, 0.25) is 0 Å². The molecule has 0 aliphatic carbocycles. The maximum atomic E-state index is 12.3. The third-order valence-corrected chi connectivity index (χ3v) is 3.62. The van der Waals surface area contributed by atoms with E-state index in [4.69, 9.17) is 15.2 Å². The summed E-state index contributed by atoms with van der Waals surface area (Å²) in [5.74, 6) is 0.697. The molecule has 2 aliphatic heterocycles. The summed E-state index contributed by atoms with van der Waals surface area (Å²) in [6.45, 7) is 5.01. The van der Waals surface area contributed by atoms with Crippen LogP contribution in [0, 0.1) is 5.92 Å². The summed E-state index contributed by atoms with van der Waals surface area (Å²) in [4.78, 5) is 14.2. The van der Waals surface area contributed by atoms with Gasteiger partial charge in [-0.25, -0.2) is 0 Å². The van der Waals surface area contributed by atoms with E-state index >= 15 is 0 Å². The van der Waals surface area contributed by atoms with Crippen molar-refractivity contribution in [2.24, 2.45) is 11.7 Å². The molecule has 0 aromatic heterocycles.